The lowest BCUT2D eigenvalue weighted by Gasteiger charge is -2.18. The zero-order chi connectivity index (χ0) is 17.9. The van der Waals surface area contributed by atoms with E-state index in [0.29, 0.717) is 18.7 Å². The Morgan fingerprint density at radius 1 is 1.25 bits per heavy atom. The van der Waals surface area contributed by atoms with Crippen molar-refractivity contribution in [2.75, 3.05) is 11.4 Å². The van der Waals surface area contributed by atoms with Crippen molar-refractivity contribution in [3.05, 3.63) is 29.8 Å². The molecule has 2 N–H and O–H groups in total. The molecule has 1 aliphatic heterocycles. The number of aliphatic carboxylic acids is 1. The first-order valence-electron chi connectivity index (χ1n) is 7.18. The van der Waals surface area contributed by atoms with Crippen LogP contribution in [0.3, 0.4) is 0 Å². The molecular weight excluding hydrogens is 329 g/mol. The molecule has 9 heteroatoms. The molecule has 1 saturated heterocycles. The van der Waals surface area contributed by atoms with E-state index in [0.717, 1.165) is 6.42 Å². The summed E-state index contributed by atoms with van der Waals surface area (Å²) in [7, 11) is 0. The van der Waals surface area contributed by atoms with Gasteiger partial charge < -0.3 is 15.3 Å². The summed E-state index contributed by atoms with van der Waals surface area (Å²) in [5, 5.41) is 10.6. The smallest absolute Gasteiger partial charge is 0.391 e. The second-order valence-corrected chi connectivity index (χ2v) is 5.38. The van der Waals surface area contributed by atoms with Crippen molar-refractivity contribution < 1.29 is 32.7 Å². The number of rotatable bonds is 5. The van der Waals surface area contributed by atoms with Crippen molar-refractivity contribution in [2.45, 2.75) is 31.5 Å². The number of alkyl halides is 3. The van der Waals surface area contributed by atoms with Gasteiger partial charge in [-0.1, -0.05) is 0 Å². The monoisotopic (exact) mass is 344 g/mol. The number of carboxylic acid groups (broad SMARTS) is 1. The quantitative estimate of drug-likeness (QED) is 0.855. The number of carboxylic acids is 1. The maximum absolute atomic E-state index is 12.3. The minimum absolute atomic E-state index is 0.0128. The van der Waals surface area contributed by atoms with E-state index < -0.39 is 30.5 Å². The molecule has 1 aromatic rings. The largest absolute Gasteiger partial charge is 0.480 e. The van der Waals surface area contributed by atoms with Gasteiger partial charge in [0.1, 0.15) is 6.04 Å². The summed E-state index contributed by atoms with van der Waals surface area (Å²) in [5.41, 5.74) is 0.595. The lowest BCUT2D eigenvalue weighted by molar-refractivity contribution is -0.157. The van der Waals surface area contributed by atoms with Gasteiger partial charge in [-0.3, -0.25) is 9.59 Å². The van der Waals surface area contributed by atoms with Gasteiger partial charge in [-0.15, -0.1) is 0 Å². The predicted octanol–water partition coefficient (Wildman–Crippen LogP) is 1.95. The van der Waals surface area contributed by atoms with Crippen LogP contribution in [0.15, 0.2) is 24.3 Å². The average molecular weight is 344 g/mol. The normalized spacial score (nSPS) is 16.1. The molecule has 1 atom stereocenters. The van der Waals surface area contributed by atoms with Crippen LogP contribution >= 0.6 is 0 Å². The summed E-state index contributed by atoms with van der Waals surface area (Å²) in [6.07, 6.45) is -5.19. The van der Waals surface area contributed by atoms with Gasteiger partial charge in [-0.05, 0) is 30.7 Å². The zero-order valence-electron chi connectivity index (χ0n) is 12.5. The molecular formula is C15H15F3N2O4. The standard InChI is InChI=1S/C15H15F3N2O4/c16-15(17,18)8-11(14(23)24)19-13(22)9-3-5-10(6-4-9)20-7-1-2-12(20)21/h3-6,11H,1-2,7-8H2,(H,19,22)(H,23,24). The third-order valence-electron chi connectivity index (χ3n) is 3.55. The lowest BCUT2D eigenvalue weighted by atomic mass is 10.1. The van der Waals surface area contributed by atoms with Gasteiger partial charge in [-0.25, -0.2) is 4.79 Å². The summed E-state index contributed by atoms with van der Waals surface area (Å²) >= 11 is 0. The first-order valence-corrected chi connectivity index (χ1v) is 7.18. The minimum Gasteiger partial charge on any atom is -0.480 e. The number of amides is 2. The molecule has 0 saturated carbocycles. The second kappa shape index (κ2) is 6.90. The predicted molar refractivity (Wildman–Crippen MR) is 77.6 cm³/mol. The highest BCUT2D eigenvalue weighted by Crippen LogP contribution is 2.23. The number of halogens is 3. The summed E-state index contributed by atoms with van der Waals surface area (Å²) in [6.45, 7) is 0.567. The van der Waals surface area contributed by atoms with Gasteiger partial charge >= 0.3 is 12.1 Å². The Hall–Kier alpha value is -2.58. The third-order valence-corrected chi connectivity index (χ3v) is 3.55. The summed E-state index contributed by atoms with van der Waals surface area (Å²) in [4.78, 5) is 35.9. The molecule has 1 unspecified atom stereocenters. The number of nitrogens with one attached hydrogen (secondary N) is 1. The van der Waals surface area contributed by atoms with Gasteiger partial charge in [-0.2, -0.15) is 13.2 Å². The first kappa shape index (κ1) is 17.8. The van der Waals surface area contributed by atoms with E-state index in [1.807, 2.05) is 5.32 Å². The van der Waals surface area contributed by atoms with E-state index in [-0.39, 0.29) is 11.5 Å². The van der Waals surface area contributed by atoms with E-state index in [9.17, 15) is 27.6 Å². The molecule has 1 fully saturated rings. The molecule has 0 radical (unpaired) electrons. The van der Waals surface area contributed by atoms with Gasteiger partial charge in [0.25, 0.3) is 5.91 Å². The third kappa shape index (κ3) is 4.46. The van der Waals surface area contributed by atoms with Gasteiger partial charge in [0.2, 0.25) is 5.91 Å². The molecule has 0 spiro atoms. The van der Waals surface area contributed by atoms with E-state index >= 15 is 0 Å². The Morgan fingerprint density at radius 3 is 2.33 bits per heavy atom. The lowest BCUT2D eigenvalue weighted by Crippen LogP contribution is -2.43. The van der Waals surface area contributed by atoms with Crippen molar-refractivity contribution >= 4 is 23.5 Å². The van der Waals surface area contributed by atoms with Crippen LogP contribution in [-0.4, -0.2) is 41.7 Å². The van der Waals surface area contributed by atoms with Crippen molar-refractivity contribution in [3.8, 4) is 0 Å². The fourth-order valence-corrected chi connectivity index (χ4v) is 2.39. The van der Waals surface area contributed by atoms with Crippen molar-refractivity contribution in [1.29, 1.82) is 0 Å². The number of hydrogen-bond acceptors (Lipinski definition) is 3. The molecule has 1 heterocycles. The topological polar surface area (TPSA) is 86.7 Å². The number of benzene rings is 1. The Morgan fingerprint density at radius 2 is 1.88 bits per heavy atom. The Balaban J connectivity index is 2.06. The second-order valence-electron chi connectivity index (χ2n) is 5.38. The van der Waals surface area contributed by atoms with Crippen LogP contribution < -0.4 is 10.2 Å². The number of anilines is 1. The summed E-state index contributed by atoms with van der Waals surface area (Å²) in [6, 6.07) is 3.61. The highest BCUT2D eigenvalue weighted by atomic mass is 19.4. The molecule has 0 aliphatic carbocycles. The molecule has 6 nitrogen and oxygen atoms in total. The van der Waals surface area contributed by atoms with Gasteiger partial charge in [0.05, 0.1) is 6.42 Å². The van der Waals surface area contributed by atoms with Gasteiger partial charge in [0.15, 0.2) is 0 Å². The molecule has 1 aliphatic rings. The maximum Gasteiger partial charge on any atom is 0.391 e. The number of nitrogens with zero attached hydrogens (tertiary/aromatic N) is 1. The Bertz CT molecular complexity index is 643. The zero-order valence-corrected chi connectivity index (χ0v) is 12.5. The van der Waals surface area contributed by atoms with Crippen LogP contribution in [0, 0.1) is 0 Å². The van der Waals surface area contributed by atoms with Crippen LogP contribution in [0.25, 0.3) is 0 Å². The number of carbonyl (C=O) groups excluding carboxylic acids is 2. The van der Waals surface area contributed by atoms with E-state index in [1.54, 1.807) is 4.90 Å². The minimum atomic E-state index is -4.71. The molecule has 0 aromatic heterocycles. The molecule has 2 amide bonds. The number of hydrogen-bond donors (Lipinski definition) is 2. The Labute approximate surface area is 135 Å². The highest BCUT2D eigenvalue weighted by Gasteiger charge is 2.36. The van der Waals surface area contributed by atoms with E-state index in [1.165, 1.54) is 24.3 Å². The van der Waals surface area contributed by atoms with Crippen molar-refractivity contribution in [1.82, 2.24) is 5.32 Å². The van der Waals surface area contributed by atoms with Crippen LogP contribution in [0.1, 0.15) is 29.6 Å². The van der Waals surface area contributed by atoms with Crippen LogP contribution in [0.5, 0.6) is 0 Å². The average Bonchev–Trinajstić information content (AvgIpc) is 2.91. The van der Waals surface area contributed by atoms with E-state index in [4.69, 9.17) is 5.11 Å². The molecule has 2 rings (SSSR count). The Kier molecular flexibility index (Phi) is 5.10. The van der Waals surface area contributed by atoms with Crippen LogP contribution in [0.2, 0.25) is 0 Å². The summed E-state index contributed by atoms with van der Waals surface area (Å²) < 4.78 is 37.0. The van der Waals surface area contributed by atoms with Crippen LogP contribution in [0.4, 0.5) is 18.9 Å². The highest BCUT2D eigenvalue weighted by molar-refractivity contribution is 5.98. The SMILES string of the molecule is O=C(NC(CC(F)(F)F)C(=O)O)c1ccc(N2CCCC2=O)cc1. The van der Waals surface area contributed by atoms with Crippen molar-refractivity contribution in [3.63, 3.8) is 0 Å². The number of carbonyl (C=O) groups is 3. The summed E-state index contributed by atoms with van der Waals surface area (Å²) in [5.74, 6) is -2.73. The molecule has 24 heavy (non-hydrogen) atoms. The molecule has 130 valence electrons. The van der Waals surface area contributed by atoms with E-state index in [2.05, 4.69) is 0 Å². The fraction of sp³-hybridized carbons (Fsp3) is 0.400. The molecule has 1 aromatic carbocycles. The molecule has 0 bridgehead atoms. The first-order chi connectivity index (χ1) is 11.2. The van der Waals surface area contributed by atoms with Crippen molar-refractivity contribution in [2.24, 2.45) is 0 Å². The van der Waals surface area contributed by atoms with Crippen LogP contribution in [-0.2, 0) is 9.59 Å². The van der Waals surface area contributed by atoms with Gasteiger partial charge in [0, 0.05) is 24.2 Å². The maximum atomic E-state index is 12.3. The fourth-order valence-electron chi connectivity index (χ4n) is 2.39.